The van der Waals surface area contributed by atoms with E-state index in [0.29, 0.717) is 44.1 Å². The number of anilines is 1. The highest BCUT2D eigenvalue weighted by Crippen LogP contribution is 2.28. The fraction of sp³-hybridized carbons (Fsp3) is 0.304. The quantitative estimate of drug-likeness (QED) is 0.697. The number of benzene rings is 2. The Balaban J connectivity index is 1.44. The van der Waals surface area contributed by atoms with E-state index >= 15 is 0 Å². The second kappa shape index (κ2) is 8.49. The van der Waals surface area contributed by atoms with Gasteiger partial charge in [0.05, 0.1) is 22.5 Å². The van der Waals surface area contributed by atoms with Gasteiger partial charge in [0.1, 0.15) is 23.9 Å². The maximum Gasteiger partial charge on any atom is 0.257 e. The van der Waals surface area contributed by atoms with Crippen molar-refractivity contribution in [3.63, 3.8) is 0 Å². The molecule has 2 aromatic carbocycles. The summed E-state index contributed by atoms with van der Waals surface area (Å²) in [6.45, 7) is 6.48. The van der Waals surface area contributed by atoms with Gasteiger partial charge in [-0.1, -0.05) is 29.4 Å². The van der Waals surface area contributed by atoms with E-state index < -0.39 is 0 Å². The second-order valence-corrected chi connectivity index (χ2v) is 7.36. The number of amides is 1. The van der Waals surface area contributed by atoms with Crippen molar-refractivity contribution in [3.8, 4) is 11.5 Å². The highest BCUT2D eigenvalue weighted by atomic mass is 16.5. The van der Waals surface area contributed by atoms with E-state index in [9.17, 15) is 9.90 Å². The maximum absolute atomic E-state index is 13.2. The molecule has 0 aliphatic carbocycles. The van der Waals surface area contributed by atoms with Crippen molar-refractivity contribution in [1.29, 1.82) is 0 Å². The van der Waals surface area contributed by atoms with Gasteiger partial charge in [-0.05, 0) is 38.1 Å². The number of piperazine rings is 1. The van der Waals surface area contributed by atoms with Crippen LogP contribution in [0.4, 0.5) is 5.69 Å². The predicted molar refractivity (Wildman–Crippen MR) is 113 cm³/mol. The first-order valence-corrected chi connectivity index (χ1v) is 10.0. The third-order valence-electron chi connectivity index (χ3n) is 5.46. The number of carbonyl (C=O) groups excluding carboxylic acids is 1. The van der Waals surface area contributed by atoms with Crippen molar-refractivity contribution in [1.82, 2.24) is 10.1 Å². The van der Waals surface area contributed by atoms with Gasteiger partial charge >= 0.3 is 0 Å². The molecule has 30 heavy (non-hydrogen) atoms. The molecule has 1 amide bonds. The molecule has 0 atom stereocenters. The van der Waals surface area contributed by atoms with Crippen LogP contribution < -0.4 is 9.64 Å². The molecule has 2 heterocycles. The first-order chi connectivity index (χ1) is 14.5. The molecule has 7 nitrogen and oxygen atoms in total. The van der Waals surface area contributed by atoms with E-state index in [2.05, 4.69) is 10.1 Å². The van der Waals surface area contributed by atoms with Gasteiger partial charge in [-0.3, -0.25) is 4.79 Å². The van der Waals surface area contributed by atoms with Crippen LogP contribution in [-0.4, -0.2) is 47.2 Å². The van der Waals surface area contributed by atoms with Crippen molar-refractivity contribution in [3.05, 3.63) is 71.1 Å². The van der Waals surface area contributed by atoms with E-state index in [-0.39, 0.29) is 11.7 Å². The molecule has 0 bridgehead atoms. The third-order valence-corrected chi connectivity index (χ3v) is 5.46. The lowest BCUT2D eigenvalue weighted by Gasteiger charge is -2.36. The number of hydrogen-bond donors (Lipinski definition) is 1. The molecule has 1 aliphatic rings. The number of aryl methyl sites for hydroxylation is 2. The van der Waals surface area contributed by atoms with Crippen molar-refractivity contribution in [2.75, 3.05) is 31.1 Å². The summed E-state index contributed by atoms with van der Waals surface area (Å²) in [6.07, 6.45) is 0. The van der Waals surface area contributed by atoms with E-state index in [0.717, 1.165) is 22.7 Å². The van der Waals surface area contributed by atoms with Gasteiger partial charge in [0.15, 0.2) is 0 Å². The SMILES string of the molecule is Cc1noc(C)c1COc1ccccc1C(=O)N1CCN(c2ccccc2O)CC1. The van der Waals surface area contributed by atoms with Crippen LogP contribution in [0.3, 0.4) is 0 Å². The van der Waals surface area contributed by atoms with E-state index in [1.165, 1.54) is 0 Å². The average Bonchev–Trinajstić information content (AvgIpc) is 3.10. The average molecular weight is 407 g/mol. The Bertz CT molecular complexity index is 1020. The van der Waals surface area contributed by atoms with Crippen LogP contribution in [0.2, 0.25) is 0 Å². The van der Waals surface area contributed by atoms with Crippen LogP contribution in [0.25, 0.3) is 0 Å². The topological polar surface area (TPSA) is 79.0 Å². The Morgan fingerprint density at radius 2 is 1.77 bits per heavy atom. The molecule has 0 saturated carbocycles. The number of phenolic OH excluding ortho intramolecular Hbond substituents is 1. The molecule has 7 heteroatoms. The van der Waals surface area contributed by atoms with Gasteiger partial charge in [0, 0.05) is 26.2 Å². The predicted octanol–water partition coefficient (Wildman–Crippen LogP) is 3.54. The smallest absolute Gasteiger partial charge is 0.257 e. The molecular formula is C23H25N3O4. The van der Waals surface area contributed by atoms with Gasteiger partial charge in [-0.2, -0.15) is 0 Å². The maximum atomic E-state index is 13.2. The number of nitrogens with zero attached hydrogens (tertiary/aromatic N) is 3. The van der Waals surface area contributed by atoms with Crippen LogP contribution in [0, 0.1) is 13.8 Å². The normalized spacial score (nSPS) is 14.1. The minimum Gasteiger partial charge on any atom is -0.506 e. The zero-order valence-corrected chi connectivity index (χ0v) is 17.2. The van der Waals surface area contributed by atoms with Crippen molar-refractivity contribution < 1.29 is 19.2 Å². The summed E-state index contributed by atoms with van der Waals surface area (Å²) < 4.78 is 11.2. The molecule has 0 radical (unpaired) electrons. The molecular weight excluding hydrogens is 382 g/mol. The lowest BCUT2D eigenvalue weighted by atomic mass is 10.1. The first kappa shape index (κ1) is 19.8. The summed E-state index contributed by atoms with van der Waals surface area (Å²) in [6, 6.07) is 14.6. The first-order valence-electron chi connectivity index (χ1n) is 10.0. The molecule has 0 spiro atoms. The fourth-order valence-electron chi connectivity index (χ4n) is 3.68. The Morgan fingerprint density at radius 3 is 2.47 bits per heavy atom. The minimum absolute atomic E-state index is 0.0544. The second-order valence-electron chi connectivity index (χ2n) is 7.36. The molecule has 156 valence electrons. The van der Waals surface area contributed by atoms with Gasteiger partial charge in [-0.15, -0.1) is 0 Å². The number of phenols is 1. The van der Waals surface area contributed by atoms with E-state index in [4.69, 9.17) is 9.26 Å². The zero-order chi connectivity index (χ0) is 21.1. The molecule has 1 N–H and O–H groups in total. The molecule has 1 aliphatic heterocycles. The summed E-state index contributed by atoms with van der Waals surface area (Å²) in [7, 11) is 0. The molecule has 0 unspecified atom stereocenters. The molecule has 4 rings (SSSR count). The molecule has 3 aromatic rings. The standard InChI is InChI=1S/C23H25N3O4/c1-16-19(17(2)30-24-16)15-29-22-10-6-3-7-18(22)23(28)26-13-11-25(12-14-26)20-8-4-5-9-21(20)27/h3-10,27H,11-15H2,1-2H3. The number of aromatic hydroxyl groups is 1. The van der Waals surface area contributed by atoms with Crippen LogP contribution in [0.15, 0.2) is 53.1 Å². The highest BCUT2D eigenvalue weighted by molar-refractivity contribution is 5.97. The summed E-state index contributed by atoms with van der Waals surface area (Å²) >= 11 is 0. The lowest BCUT2D eigenvalue weighted by Crippen LogP contribution is -2.48. The van der Waals surface area contributed by atoms with Crippen molar-refractivity contribution in [2.24, 2.45) is 0 Å². The number of aromatic nitrogens is 1. The van der Waals surface area contributed by atoms with Gasteiger partial charge < -0.3 is 24.2 Å². The summed E-state index contributed by atoms with van der Waals surface area (Å²) in [5.41, 5.74) is 3.03. The Hall–Kier alpha value is -3.48. The minimum atomic E-state index is -0.0544. The Kier molecular flexibility index (Phi) is 5.61. The Morgan fingerprint density at radius 1 is 1.07 bits per heavy atom. The lowest BCUT2D eigenvalue weighted by molar-refractivity contribution is 0.0742. The molecule has 1 fully saturated rings. The van der Waals surface area contributed by atoms with Crippen LogP contribution in [0.1, 0.15) is 27.4 Å². The summed E-state index contributed by atoms with van der Waals surface area (Å²) in [5.74, 6) is 1.47. The Labute approximate surface area is 175 Å². The molecule has 1 saturated heterocycles. The number of carbonyl (C=O) groups is 1. The number of rotatable bonds is 5. The van der Waals surface area contributed by atoms with E-state index in [1.54, 1.807) is 18.2 Å². The van der Waals surface area contributed by atoms with Crippen LogP contribution in [0.5, 0.6) is 11.5 Å². The summed E-state index contributed by atoms with van der Waals surface area (Å²) in [4.78, 5) is 17.1. The van der Waals surface area contributed by atoms with E-state index in [1.807, 2.05) is 49.1 Å². The summed E-state index contributed by atoms with van der Waals surface area (Å²) in [5, 5.41) is 14.0. The zero-order valence-electron chi connectivity index (χ0n) is 17.2. The molecule has 1 aromatic heterocycles. The van der Waals surface area contributed by atoms with Gasteiger partial charge in [-0.25, -0.2) is 0 Å². The fourth-order valence-corrected chi connectivity index (χ4v) is 3.68. The highest BCUT2D eigenvalue weighted by Gasteiger charge is 2.25. The van der Waals surface area contributed by atoms with Crippen LogP contribution >= 0.6 is 0 Å². The van der Waals surface area contributed by atoms with Crippen molar-refractivity contribution >= 4 is 11.6 Å². The van der Waals surface area contributed by atoms with Gasteiger partial charge in [0.25, 0.3) is 5.91 Å². The van der Waals surface area contributed by atoms with Gasteiger partial charge in [0.2, 0.25) is 0 Å². The number of para-hydroxylation sites is 3. The van der Waals surface area contributed by atoms with Crippen LogP contribution in [-0.2, 0) is 6.61 Å². The monoisotopic (exact) mass is 407 g/mol. The number of ether oxygens (including phenoxy) is 1. The van der Waals surface area contributed by atoms with Crippen molar-refractivity contribution in [2.45, 2.75) is 20.5 Å². The third kappa shape index (κ3) is 3.96. The largest absolute Gasteiger partial charge is 0.506 e. The number of hydrogen-bond acceptors (Lipinski definition) is 6.